The van der Waals surface area contributed by atoms with E-state index in [9.17, 15) is 32.4 Å². The van der Waals surface area contributed by atoms with Gasteiger partial charge in [-0.05, 0) is 54.3 Å². The van der Waals surface area contributed by atoms with Crippen molar-refractivity contribution in [3.63, 3.8) is 0 Å². The molecule has 5 rings (SSSR count). The lowest BCUT2D eigenvalue weighted by atomic mass is 9.73. The number of likely N-dealkylation sites (tertiary alicyclic amines) is 1. The summed E-state index contributed by atoms with van der Waals surface area (Å²) in [5, 5.41) is 8.32. The molecule has 246 valence electrons. The molecule has 13 heteroatoms. The van der Waals surface area contributed by atoms with Crippen molar-refractivity contribution in [2.75, 3.05) is 18.1 Å². The van der Waals surface area contributed by atoms with E-state index in [1.165, 1.54) is 0 Å². The molecule has 0 aromatic heterocycles. The van der Waals surface area contributed by atoms with Gasteiger partial charge >= 0.3 is 6.03 Å². The second kappa shape index (κ2) is 11.0. The van der Waals surface area contributed by atoms with E-state index >= 15 is 0 Å². The van der Waals surface area contributed by atoms with Crippen LogP contribution in [0.2, 0.25) is 0 Å². The van der Waals surface area contributed by atoms with Crippen LogP contribution in [0, 0.1) is 27.6 Å². The topological polar surface area (TPSA) is 185 Å². The Labute approximate surface area is 260 Å². The normalized spacial score (nSPS) is 31.0. The molecule has 3 saturated carbocycles. The summed E-state index contributed by atoms with van der Waals surface area (Å²) in [7, 11) is -3.21. The van der Waals surface area contributed by atoms with Crippen molar-refractivity contribution in [3.8, 4) is 0 Å². The van der Waals surface area contributed by atoms with Crippen molar-refractivity contribution in [1.82, 2.24) is 20.9 Å². The monoisotopic (exact) mass is 635 g/mol. The first-order chi connectivity index (χ1) is 20.3. The summed E-state index contributed by atoms with van der Waals surface area (Å²) in [6.45, 7) is 10.2. The van der Waals surface area contributed by atoms with Crippen molar-refractivity contribution < 1.29 is 32.4 Å². The molecule has 2 heterocycles. The number of amides is 5. The number of nitrogens with one attached hydrogen (secondary N) is 3. The third-order valence-electron chi connectivity index (χ3n) is 12.0. The van der Waals surface area contributed by atoms with Gasteiger partial charge in [0.25, 0.3) is 5.91 Å². The number of carbonyl (C=O) groups excluding carboxylic acids is 5. The molecule has 0 bridgehead atoms. The van der Waals surface area contributed by atoms with Crippen LogP contribution in [0.4, 0.5) is 4.79 Å². The molecule has 5 fully saturated rings. The van der Waals surface area contributed by atoms with Crippen LogP contribution in [0.15, 0.2) is 0 Å². The maximum absolute atomic E-state index is 14.5. The second-order valence-corrected chi connectivity index (χ2v) is 17.9. The average Bonchev–Trinajstić information content (AvgIpc) is 3.18. The third-order valence-corrected chi connectivity index (χ3v) is 13.8. The van der Waals surface area contributed by atoms with E-state index in [0.29, 0.717) is 25.8 Å². The number of Topliss-reactive ketones (excluding diaryl/α,β-unsaturated/α-hetero) is 1. The highest BCUT2D eigenvalue weighted by atomic mass is 32.2. The minimum atomic E-state index is -3.21. The van der Waals surface area contributed by atoms with Crippen molar-refractivity contribution in [1.29, 1.82) is 0 Å². The molecule has 44 heavy (non-hydrogen) atoms. The molecule has 5 amide bonds. The highest BCUT2D eigenvalue weighted by molar-refractivity contribution is 7.91. The van der Waals surface area contributed by atoms with Gasteiger partial charge in [-0.2, -0.15) is 0 Å². The number of ketones is 1. The van der Waals surface area contributed by atoms with E-state index < -0.39 is 69.0 Å². The molecule has 2 aliphatic heterocycles. The second-order valence-electron chi connectivity index (χ2n) is 15.7. The summed E-state index contributed by atoms with van der Waals surface area (Å²) in [4.78, 5) is 67.8. The van der Waals surface area contributed by atoms with Crippen LogP contribution in [0.3, 0.4) is 0 Å². The Morgan fingerprint density at radius 2 is 1.64 bits per heavy atom. The van der Waals surface area contributed by atoms with Gasteiger partial charge in [-0.3, -0.25) is 19.2 Å². The fourth-order valence-electron chi connectivity index (χ4n) is 8.88. The molecule has 0 aromatic rings. The Balaban J connectivity index is 1.39. The summed E-state index contributed by atoms with van der Waals surface area (Å²) in [5.74, 6) is -2.74. The molecule has 5 atom stereocenters. The molecule has 5 aliphatic rings. The van der Waals surface area contributed by atoms with E-state index in [1.54, 1.807) is 4.90 Å². The molecule has 2 unspecified atom stereocenters. The largest absolute Gasteiger partial charge is 0.363 e. The van der Waals surface area contributed by atoms with Crippen LogP contribution < -0.4 is 21.7 Å². The van der Waals surface area contributed by atoms with Crippen LogP contribution in [0.5, 0.6) is 0 Å². The van der Waals surface area contributed by atoms with Crippen LogP contribution in [-0.2, 0) is 29.0 Å². The molecule has 2 spiro atoms. The van der Waals surface area contributed by atoms with Crippen LogP contribution in [0.25, 0.3) is 0 Å². The fraction of sp³-hybridized carbons (Fsp3) is 0.839. The quantitative estimate of drug-likeness (QED) is 0.276. The lowest BCUT2D eigenvalue weighted by molar-refractivity contribution is -0.143. The molecule has 2 saturated heterocycles. The standard InChI is InChI=1S/C31H49N5O7S/c1-28(2,3)23(35-27(41)33-19-10-13-44(42,43)16-19)26(40)36-17-31(29(4,5)30(31)11-7-12-30)15-21(36)25(39)34-20(22(37)24(32)38)14-18-8-6-9-18/h18-21,23H,6-17H2,1-5H3,(H2,32,38)(H,34,39)(H2,33,35,41)/t19?,20?,21-,23+,31+/m0/s1. The Morgan fingerprint density at radius 3 is 2.09 bits per heavy atom. The van der Waals surface area contributed by atoms with Crippen molar-refractivity contribution in [2.24, 2.45) is 33.3 Å². The number of fused-ring (bicyclic) bond motifs is 1. The van der Waals surface area contributed by atoms with Gasteiger partial charge in [-0.25, -0.2) is 13.2 Å². The van der Waals surface area contributed by atoms with E-state index in [4.69, 9.17) is 5.73 Å². The summed E-state index contributed by atoms with van der Waals surface area (Å²) < 4.78 is 23.8. The average molecular weight is 636 g/mol. The molecule has 3 aliphatic carbocycles. The Bertz CT molecular complexity index is 1350. The number of hydrogen-bond donors (Lipinski definition) is 4. The van der Waals surface area contributed by atoms with E-state index in [2.05, 4.69) is 29.8 Å². The van der Waals surface area contributed by atoms with Gasteiger partial charge in [-0.15, -0.1) is 0 Å². The fourth-order valence-corrected chi connectivity index (χ4v) is 10.6. The first-order valence-electron chi connectivity index (χ1n) is 16.1. The van der Waals surface area contributed by atoms with Gasteiger partial charge in [-0.1, -0.05) is 60.3 Å². The number of rotatable bonds is 9. The van der Waals surface area contributed by atoms with Gasteiger partial charge in [0.1, 0.15) is 12.1 Å². The first kappa shape index (κ1) is 32.7. The summed E-state index contributed by atoms with van der Waals surface area (Å²) in [5.41, 5.74) is 4.25. The minimum absolute atomic E-state index is 0.00373. The molecule has 5 N–H and O–H groups in total. The van der Waals surface area contributed by atoms with E-state index in [1.807, 2.05) is 20.8 Å². The Hall–Kier alpha value is -2.70. The molecular formula is C31H49N5O7S. The molecule has 0 radical (unpaired) electrons. The number of nitrogens with two attached hydrogens (primary N) is 1. The number of carbonyl (C=O) groups is 5. The van der Waals surface area contributed by atoms with Gasteiger partial charge < -0.3 is 26.6 Å². The third kappa shape index (κ3) is 5.40. The van der Waals surface area contributed by atoms with Crippen molar-refractivity contribution >= 4 is 39.4 Å². The van der Waals surface area contributed by atoms with Gasteiger partial charge in [0.05, 0.1) is 17.5 Å². The first-order valence-corrected chi connectivity index (χ1v) is 17.9. The minimum Gasteiger partial charge on any atom is -0.363 e. The van der Waals surface area contributed by atoms with Crippen LogP contribution >= 0.6 is 0 Å². The molecule has 12 nitrogen and oxygen atoms in total. The van der Waals surface area contributed by atoms with Gasteiger partial charge in [0.2, 0.25) is 17.6 Å². The zero-order valence-corrected chi connectivity index (χ0v) is 27.5. The van der Waals surface area contributed by atoms with Crippen LogP contribution in [0.1, 0.15) is 92.4 Å². The highest BCUT2D eigenvalue weighted by Gasteiger charge is 2.85. The maximum atomic E-state index is 14.5. The van der Waals surface area contributed by atoms with Crippen LogP contribution in [-0.4, -0.2) is 85.1 Å². The SMILES string of the molecule is CC(C)(C)[C@H](NC(=O)NC1CCS(=O)(=O)C1)C(=O)N1C[C@]2(C[C@H]1C(=O)NC(CC1CCC1)C(=O)C(N)=O)C(C)(C)C21CCC1. The van der Waals surface area contributed by atoms with Gasteiger partial charge in [0, 0.05) is 18.0 Å². The van der Waals surface area contributed by atoms with Crippen molar-refractivity contribution in [3.05, 3.63) is 0 Å². The predicted octanol–water partition coefficient (Wildman–Crippen LogP) is 1.41. The smallest absolute Gasteiger partial charge is 0.315 e. The Kier molecular flexibility index (Phi) is 8.15. The predicted molar refractivity (Wildman–Crippen MR) is 163 cm³/mol. The van der Waals surface area contributed by atoms with Crippen molar-refractivity contribution in [2.45, 2.75) is 117 Å². The molecular weight excluding hydrogens is 586 g/mol. The van der Waals surface area contributed by atoms with Gasteiger partial charge in [0.15, 0.2) is 9.84 Å². The Morgan fingerprint density at radius 1 is 0.977 bits per heavy atom. The lowest BCUT2D eigenvalue weighted by Crippen LogP contribution is -2.60. The summed E-state index contributed by atoms with van der Waals surface area (Å²) in [6.07, 6.45) is 7.08. The summed E-state index contributed by atoms with van der Waals surface area (Å²) >= 11 is 0. The zero-order chi connectivity index (χ0) is 32.5. The van der Waals surface area contributed by atoms with E-state index in [0.717, 1.165) is 38.5 Å². The number of urea groups is 1. The molecule has 0 aromatic carbocycles. The number of primary amides is 1. The number of hydrogen-bond acceptors (Lipinski definition) is 7. The lowest BCUT2D eigenvalue weighted by Gasteiger charge is -2.36. The number of sulfone groups is 1. The van der Waals surface area contributed by atoms with E-state index in [-0.39, 0.29) is 33.7 Å². The summed E-state index contributed by atoms with van der Waals surface area (Å²) in [6, 6.07) is -4.12. The highest BCUT2D eigenvalue weighted by Crippen LogP contribution is 2.88. The number of nitrogens with zero attached hydrogens (tertiary/aromatic N) is 1. The zero-order valence-electron chi connectivity index (χ0n) is 26.7. The maximum Gasteiger partial charge on any atom is 0.315 e.